The summed E-state index contributed by atoms with van der Waals surface area (Å²) in [6.07, 6.45) is 5.04. The molecular weight excluding hydrogens is 342 g/mol. The van der Waals surface area contributed by atoms with Gasteiger partial charge >= 0.3 is 0 Å². The van der Waals surface area contributed by atoms with Crippen molar-refractivity contribution >= 4 is 17.8 Å². The van der Waals surface area contributed by atoms with E-state index in [-0.39, 0.29) is 12.5 Å². The van der Waals surface area contributed by atoms with Gasteiger partial charge in [0.05, 0.1) is 19.0 Å². The number of piperidine rings is 1. The molecular formula is C21H25N3O3. The number of para-hydroxylation sites is 1. The van der Waals surface area contributed by atoms with Gasteiger partial charge in [-0.05, 0) is 55.2 Å². The van der Waals surface area contributed by atoms with Crippen LogP contribution in [0.1, 0.15) is 24.8 Å². The van der Waals surface area contributed by atoms with Crippen LogP contribution in [0, 0.1) is 0 Å². The van der Waals surface area contributed by atoms with E-state index in [9.17, 15) is 4.79 Å². The van der Waals surface area contributed by atoms with Crippen LogP contribution >= 0.6 is 0 Å². The monoisotopic (exact) mass is 367 g/mol. The minimum Gasteiger partial charge on any atom is -0.493 e. The molecule has 0 bridgehead atoms. The van der Waals surface area contributed by atoms with Crippen molar-refractivity contribution in [2.45, 2.75) is 19.3 Å². The predicted molar refractivity (Wildman–Crippen MR) is 107 cm³/mol. The summed E-state index contributed by atoms with van der Waals surface area (Å²) in [7, 11) is 1.58. The van der Waals surface area contributed by atoms with Gasteiger partial charge in [-0.1, -0.05) is 18.2 Å². The Balaban J connectivity index is 1.57. The van der Waals surface area contributed by atoms with Crippen LogP contribution < -0.4 is 14.9 Å². The first-order valence-corrected chi connectivity index (χ1v) is 9.19. The Kier molecular flexibility index (Phi) is 6.68. The lowest BCUT2D eigenvalue weighted by Gasteiger charge is -2.26. The number of hydrogen-bond donors (Lipinski definition) is 1. The summed E-state index contributed by atoms with van der Waals surface area (Å²) in [6, 6.07) is 15.2. The van der Waals surface area contributed by atoms with Crippen LogP contribution in [-0.2, 0) is 4.79 Å². The fraction of sp³-hybridized carbons (Fsp3) is 0.333. The maximum absolute atomic E-state index is 12.2. The van der Waals surface area contributed by atoms with Gasteiger partial charge in [-0.3, -0.25) is 10.2 Å². The normalized spacial score (nSPS) is 14.2. The molecule has 0 radical (unpaired) electrons. The molecule has 6 nitrogen and oxygen atoms in total. The van der Waals surface area contributed by atoms with Crippen LogP contribution in [0.4, 0.5) is 5.69 Å². The maximum atomic E-state index is 12.2. The molecule has 0 saturated carbocycles. The third-order valence-electron chi connectivity index (χ3n) is 4.43. The summed E-state index contributed by atoms with van der Waals surface area (Å²) in [5.74, 6) is 1.15. The molecule has 2 aromatic carbocycles. The summed E-state index contributed by atoms with van der Waals surface area (Å²) in [5.41, 5.74) is 4.75. The number of hydrazone groups is 1. The predicted octanol–water partition coefficient (Wildman–Crippen LogP) is 3.53. The second kappa shape index (κ2) is 9.62. The molecule has 27 heavy (non-hydrogen) atoms. The summed E-state index contributed by atoms with van der Waals surface area (Å²) in [5, 5.41) is 4.22. The van der Waals surface area contributed by atoms with E-state index < -0.39 is 0 Å². The van der Waals surface area contributed by atoms with Crippen molar-refractivity contribution in [3.63, 3.8) is 0 Å². The number of hydrogen-bond acceptors (Lipinski definition) is 5. The van der Waals surface area contributed by atoms with Crippen molar-refractivity contribution in [3.05, 3.63) is 54.1 Å². The molecule has 0 atom stereocenters. The fourth-order valence-corrected chi connectivity index (χ4v) is 2.95. The summed E-state index contributed by atoms with van der Waals surface area (Å²) in [6.45, 7) is 1.67. The van der Waals surface area contributed by atoms with Crippen LogP contribution in [0.2, 0.25) is 0 Å². The first kappa shape index (κ1) is 18.8. The number of carbonyl (C=O) groups is 1. The van der Waals surface area contributed by atoms with Gasteiger partial charge in [0.2, 0.25) is 0 Å². The van der Waals surface area contributed by atoms with Gasteiger partial charge in [0, 0.05) is 13.1 Å². The van der Waals surface area contributed by atoms with Gasteiger partial charge in [0.25, 0.3) is 5.91 Å². The van der Waals surface area contributed by atoms with Crippen molar-refractivity contribution in [2.24, 2.45) is 5.10 Å². The maximum Gasteiger partial charge on any atom is 0.260 e. The molecule has 0 aliphatic carbocycles. The zero-order valence-electron chi connectivity index (χ0n) is 15.6. The largest absolute Gasteiger partial charge is 0.493 e. The van der Waals surface area contributed by atoms with E-state index in [1.54, 1.807) is 19.4 Å². The van der Waals surface area contributed by atoms with E-state index in [1.807, 2.05) is 47.4 Å². The molecule has 0 aromatic heterocycles. The number of benzene rings is 2. The van der Waals surface area contributed by atoms with Gasteiger partial charge in [-0.2, -0.15) is 5.10 Å². The number of methoxy groups -OCH3 is 1. The van der Waals surface area contributed by atoms with Gasteiger partial charge in [0.1, 0.15) is 0 Å². The highest BCUT2D eigenvalue weighted by molar-refractivity contribution is 5.82. The topological polar surface area (TPSA) is 63.2 Å². The molecule has 0 spiro atoms. The molecule has 1 aliphatic rings. The van der Waals surface area contributed by atoms with Gasteiger partial charge in [-0.25, -0.2) is 0 Å². The molecule has 0 unspecified atom stereocenters. The SMILES string of the molecule is COc1cc(C=NNc2ccccc2)ccc1OCC(=O)N1CCCCC1. The second-order valence-electron chi connectivity index (χ2n) is 6.38. The number of amides is 1. The Hall–Kier alpha value is -3.02. The lowest BCUT2D eigenvalue weighted by molar-refractivity contribution is -0.134. The summed E-state index contributed by atoms with van der Waals surface area (Å²) in [4.78, 5) is 14.1. The molecule has 1 fully saturated rings. The Morgan fingerprint density at radius 3 is 2.63 bits per heavy atom. The van der Waals surface area contributed by atoms with Gasteiger partial charge < -0.3 is 14.4 Å². The molecule has 1 heterocycles. The number of ether oxygens (including phenoxy) is 2. The standard InChI is InChI=1S/C21H25N3O3/c1-26-20-14-17(15-22-23-18-8-4-2-5-9-18)10-11-19(20)27-16-21(25)24-12-6-3-7-13-24/h2,4-5,8-11,14-15,23H,3,6-7,12-13,16H2,1H3. The Bertz CT molecular complexity index is 771. The number of nitrogens with one attached hydrogen (secondary N) is 1. The molecule has 1 saturated heterocycles. The van der Waals surface area contributed by atoms with Gasteiger partial charge in [0.15, 0.2) is 18.1 Å². The molecule has 1 amide bonds. The van der Waals surface area contributed by atoms with E-state index in [1.165, 1.54) is 6.42 Å². The number of anilines is 1. The Morgan fingerprint density at radius 2 is 1.89 bits per heavy atom. The number of nitrogens with zero attached hydrogens (tertiary/aromatic N) is 2. The van der Waals surface area contributed by atoms with Crippen LogP contribution in [0.25, 0.3) is 0 Å². The number of carbonyl (C=O) groups excluding carboxylic acids is 1. The molecule has 3 rings (SSSR count). The highest BCUT2D eigenvalue weighted by Crippen LogP contribution is 2.27. The lowest BCUT2D eigenvalue weighted by Crippen LogP contribution is -2.38. The van der Waals surface area contributed by atoms with Crippen LogP contribution in [-0.4, -0.2) is 43.8 Å². The first-order chi connectivity index (χ1) is 13.3. The molecule has 142 valence electrons. The van der Waals surface area contributed by atoms with E-state index in [4.69, 9.17) is 9.47 Å². The Morgan fingerprint density at radius 1 is 1.11 bits per heavy atom. The van der Waals surface area contributed by atoms with Crippen molar-refractivity contribution in [3.8, 4) is 11.5 Å². The van der Waals surface area contributed by atoms with Crippen LogP contribution in [0.3, 0.4) is 0 Å². The minimum absolute atomic E-state index is 0.0226. The number of likely N-dealkylation sites (tertiary alicyclic amines) is 1. The van der Waals surface area contributed by atoms with Gasteiger partial charge in [-0.15, -0.1) is 0 Å². The molecule has 1 N–H and O–H groups in total. The summed E-state index contributed by atoms with van der Waals surface area (Å²) < 4.78 is 11.1. The van der Waals surface area contributed by atoms with E-state index in [0.717, 1.165) is 37.2 Å². The molecule has 2 aromatic rings. The highest BCUT2D eigenvalue weighted by atomic mass is 16.5. The van der Waals surface area contributed by atoms with Crippen molar-refractivity contribution in [2.75, 3.05) is 32.2 Å². The molecule has 6 heteroatoms. The average molecular weight is 367 g/mol. The van der Waals surface area contributed by atoms with Crippen LogP contribution in [0.15, 0.2) is 53.6 Å². The zero-order chi connectivity index (χ0) is 18.9. The zero-order valence-corrected chi connectivity index (χ0v) is 15.6. The summed E-state index contributed by atoms with van der Waals surface area (Å²) >= 11 is 0. The van der Waals surface area contributed by atoms with Crippen molar-refractivity contribution in [1.82, 2.24) is 4.90 Å². The fourth-order valence-electron chi connectivity index (χ4n) is 2.95. The second-order valence-corrected chi connectivity index (χ2v) is 6.38. The minimum atomic E-state index is 0.0226. The van der Waals surface area contributed by atoms with E-state index in [0.29, 0.717) is 11.5 Å². The highest BCUT2D eigenvalue weighted by Gasteiger charge is 2.17. The Labute approximate surface area is 159 Å². The third kappa shape index (κ3) is 5.48. The van der Waals surface area contributed by atoms with Crippen molar-refractivity contribution in [1.29, 1.82) is 0 Å². The smallest absolute Gasteiger partial charge is 0.260 e. The van der Waals surface area contributed by atoms with E-state index in [2.05, 4.69) is 10.5 Å². The third-order valence-corrected chi connectivity index (χ3v) is 4.43. The van der Waals surface area contributed by atoms with Crippen LogP contribution in [0.5, 0.6) is 11.5 Å². The lowest BCUT2D eigenvalue weighted by atomic mass is 10.1. The quantitative estimate of drug-likeness (QED) is 0.601. The van der Waals surface area contributed by atoms with E-state index >= 15 is 0 Å². The average Bonchev–Trinajstić information content (AvgIpc) is 2.73. The first-order valence-electron chi connectivity index (χ1n) is 9.19. The van der Waals surface area contributed by atoms with Crippen molar-refractivity contribution < 1.29 is 14.3 Å². The molecule has 1 aliphatic heterocycles. The number of rotatable bonds is 7.